The molecule has 0 unspecified atom stereocenters. The number of aryl methyl sites for hydroxylation is 1. The van der Waals surface area contributed by atoms with Crippen LogP contribution in [0.25, 0.3) is 5.69 Å². The van der Waals surface area contributed by atoms with Gasteiger partial charge >= 0.3 is 5.69 Å². The molecular formula is C18H15BrN4O3. The molecule has 0 saturated heterocycles. The molecule has 0 fully saturated rings. The molecule has 3 rings (SSSR count). The van der Waals surface area contributed by atoms with E-state index in [0.717, 1.165) is 14.6 Å². The van der Waals surface area contributed by atoms with Gasteiger partial charge in [0.1, 0.15) is 5.56 Å². The quantitative estimate of drug-likeness (QED) is 0.451. The van der Waals surface area contributed by atoms with Gasteiger partial charge in [-0.3, -0.25) is 15.2 Å². The maximum atomic E-state index is 12.1. The lowest BCUT2D eigenvalue weighted by Crippen LogP contribution is -2.31. The van der Waals surface area contributed by atoms with Gasteiger partial charge in [-0.15, -0.1) is 0 Å². The first-order valence-corrected chi connectivity index (χ1v) is 8.45. The summed E-state index contributed by atoms with van der Waals surface area (Å²) >= 11 is 3.33. The largest absolute Gasteiger partial charge is 0.493 e. The lowest BCUT2D eigenvalue weighted by atomic mass is 10.2. The van der Waals surface area contributed by atoms with Crippen molar-refractivity contribution < 1.29 is 5.11 Å². The van der Waals surface area contributed by atoms with E-state index < -0.39 is 17.1 Å². The van der Waals surface area contributed by atoms with Crippen LogP contribution in [0.2, 0.25) is 0 Å². The number of halogens is 1. The van der Waals surface area contributed by atoms with E-state index >= 15 is 0 Å². The number of anilines is 1. The number of hydrogen-bond donors (Lipinski definition) is 3. The van der Waals surface area contributed by atoms with Crippen molar-refractivity contribution >= 4 is 27.8 Å². The van der Waals surface area contributed by atoms with Gasteiger partial charge < -0.3 is 5.11 Å². The third-order valence-corrected chi connectivity index (χ3v) is 4.17. The van der Waals surface area contributed by atoms with Crippen molar-refractivity contribution in [2.75, 3.05) is 5.43 Å². The summed E-state index contributed by atoms with van der Waals surface area (Å²) in [6, 6.07) is 14.2. The Labute approximate surface area is 156 Å². The highest BCUT2D eigenvalue weighted by molar-refractivity contribution is 9.10. The van der Waals surface area contributed by atoms with Crippen molar-refractivity contribution in [2.45, 2.75) is 6.92 Å². The minimum atomic E-state index is -0.727. The fourth-order valence-electron chi connectivity index (χ4n) is 2.28. The zero-order chi connectivity index (χ0) is 18.7. The SMILES string of the molecule is Cc1ccc(-n2c(O)c(/C=N/Nc3ccc(Br)cc3)c(=O)[nH]c2=O)cc1. The molecule has 0 spiro atoms. The number of rotatable bonds is 4. The molecular weight excluding hydrogens is 400 g/mol. The molecule has 8 heteroatoms. The van der Waals surface area contributed by atoms with Crippen molar-refractivity contribution in [1.29, 1.82) is 0 Å². The van der Waals surface area contributed by atoms with E-state index in [4.69, 9.17) is 0 Å². The maximum absolute atomic E-state index is 12.1. The van der Waals surface area contributed by atoms with Gasteiger partial charge in [0, 0.05) is 4.47 Å². The average molecular weight is 415 g/mol. The Morgan fingerprint density at radius 1 is 1.12 bits per heavy atom. The number of benzene rings is 2. The highest BCUT2D eigenvalue weighted by Crippen LogP contribution is 2.16. The van der Waals surface area contributed by atoms with E-state index in [1.807, 2.05) is 19.1 Å². The standard InChI is InChI=1S/C18H15BrN4O3/c1-11-2-8-14(9-3-11)23-17(25)15(16(24)21-18(23)26)10-20-22-13-6-4-12(19)5-7-13/h2-10,22,25H,1H3,(H,21,24,26)/b20-10+. The molecule has 0 atom stereocenters. The molecule has 0 aliphatic heterocycles. The minimum Gasteiger partial charge on any atom is -0.493 e. The molecule has 0 amide bonds. The predicted molar refractivity (Wildman–Crippen MR) is 104 cm³/mol. The van der Waals surface area contributed by atoms with Crippen LogP contribution >= 0.6 is 15.9 Å². The van der Waals surface area contributed by atoms with Crippen LogP contribution < -0.4 is 16.7 Å². The van der Waals surface area contributed by atoms with Crippen molar-refractivity contribution in [3.63, 3.8) is 0 Å². The van der Waals surface area contributed by atoms with Gasteiger partial charge in [0.2, 0.25) is 5.88 Å². The second-order valence-electron chi connectivity index (χ2n) is 5.54. The number of H-pyrrole nitrogens is 1. The fraction of sp³-hybridized carbons (Fsp3) is 0.0556. The number of aromatic hydroxyl groups is 1. The minimum absolute atomic E-state index is 0.130. The van der Waals surface area contributed by atoms with Gasteiger partial charge in [-0.1, -0.05) is 33.6 Å². The average Bonchev–Trinajstić information content (AvgIpc) is 2.61. The smallest absolute Gasteiger partial charge is 0.335 e. The lowest BCUT2D eigenvalue weighted by molar-refractivity contribution is 0.430. The summed E-state index contributed by atoms with van der Waals surface area (Å²) in [4.78, 5) is 26.3. The zero-order valence-corrected chi connectivity index (χ0v) is 15.3. The summed E-state index contributed by atoms with van der Waals surface area (Å²) in [6.07, 6.45) is 1.17. The first kappa shape index (κ1) is 17.7. The molecule has 0 bridgehead atoms. The molecule has 26 heavy (non-hydrogen) atoms. The maximum Gasteiger partial charge on any atom is 0.335 e. The van der Waals surface area contributed by atoms with E-state index in [-0.39, 0.29) is 5.56 Å². The number of hydrazone groups is 1. The Bertz CT molecular complexity index is 1070. The van der Waals surface area contributed by atoms with Crippen molar-refractivity contribution in [1.82, 2.24) is 9.55 Å². The highest BCUT2D eigenvalue weighted by Gasteiger charge is 2.14. The topological polar surface area (TPSA) is 99.5 Å². The van der Waals surface area contributed by atoms with E-state index in [2.05, 4.69) is 31.4 Å². The third kappa shape index (κ3) is 3.75. The molecule has 2 aromatic carbocycles. The van der Waals surface area contributed by atoms with Crippen LogP contribution in [0, 0.1) is 6.92 Å². The summed E-state index contributed by atoms with van der Waals surface area (Å²) < 4.78 is 1.94. The first-order chi connectivity index (χ1) is 12.5. The van der Waals surface area contributed by atoms with Gasteiger partial charge in [-0.05, 0) is 43.3 Å². The molecule has 132 valence electrons. The zero-order valence-electron chi connectivity index (χ0n) is 13.7. The van der Waals surface area contributed by atoms with Gasteiger partial charge in [-0.2, -0.15) is 5.10 Å². The van der Waals surface area contributed by atoms with E-state index in [1.165, 1.54) is 6.21 Å². The Morgan fingerprint density at radius 2 is 1.77 bits per heavy atom. The van der Waals surface area contributed by atoms with Gasteiger partial charge in [0.25, 0.3) is 5.56 Å². The number of nitrogens with zero attached hydrogens (tertiary/aromatic N) is 2. The fourth-order valence-corrected chi connectivity index (χ4v) is 2.55. The summed E-state index contributed by atoms with van der Waals surface area (Å²) in [5.41, 5.74) is 3.31. The normalized spacial score (nSPS) is 11.0. The van der Waals surface area contributed by atoms with Crippen LogP contribution in [-0.2, 0) is 0 Å². The van der Waals surface area contributed by atoms with Crippen LogP contribution in [0.4, 0.5) is 5.69 Å². The predicted octanol–water partition coefficient (Wildman–Crippen LogP) is 2.75. The number of nitrogens with one attached hydrogen (secondary N) is 2. The van der Waals surface area contributed by atoms with Crippen LogP contribution in [0.1, 0.15) is 11.1 Å². The highest BCUT2D eigenvalue weighted by atomic mass is 79.9. The summed E-state index contributed by atoms with van der Waals surface area (Å²) in [6.45, 7) is 1.91. The number of hydrogen-bond acceptors (Lipinski definition) is 5. The molecule has 3 N–H and O–H groups in total. The molecule has 7 nitrogen and oxygen atoms in total. The third-order valence-electron chi connectivity index (χ3n) is 3.64. The molecule has 0 aliphatic rings. The van der Waals surface area contributed by atoms with E-state index in [0.29, 0.717) is 11.4 Å². The second-order valence-corrected chi connectivity index (χ2v) is 6.46. The Balaban J connectivity index is 1.97. The molecule has 1 heterocycles. The van der Waals surface area contributed by atoms with E-state index in [9.17, 15) is 14.7 Å². The molecule has 0 radical (unpaired) electrons. The van der Waals surface area contributed by atoms with Crippen LogP contribution in [0.5, 0.6) is 5.88 Å². The van der Waals surface area contributed by atoms with Gasteiger partial charge in [0.15, 0.2) is 0 Å². The van der Waals surface area contributed by atoms with Crippen molar-refractivity contribution in [2.24, 2.45) is 5.10 Å². The monoisotopic (exact) mass is 414 g/mol. The van der Waals surface area contributed by atoms with Crippen LogP contribution in [0.3, 0.4) is 0 Å². The van der Waals surface area contributed by atoms with Gasteiger partial charge in [-0.25, -0.2) is 9.36 Å². The van der Waals surface area contributed by atoms with Gasteiger partial charge in [0.05, 0.1) is 17.6 Å². The van der Waals surface area contributed by atoms with Crippen LogP contribution in [-0.4, -0.2) is 20.9 Å². The summed E-state index contributed by atoms with van der Waals surface area (Å²) in [7, 11) is 0. The Kier molecular flexibility index (Phi) is 5.04. The number of aromatic amines is 1. The second kappa shape index (κ2) is 7.40. The lowest BCUT2D eigenvalue weighted by Gasteiger charge is -2.09. The molecule has 3 aromatic rings. The Morgan fingerprint density at radius 3 is 2.42 bits per heavy atom. The van der Waals surface area contributed by atoms with Crippen molar-refractivity contribution in [3.05, 3.63) is 85.0 Å². The first-order valence-electron chi connectivity index (χ1n) is 7.65. The number of aromatic nitrogens is 2. The molecule has 0 aliphatic carbocycles. The van der Waals surface area contributed by atoms with Crippen LogP contribution in [0.15, 0.2) is 67.7 Å². The molecule has 0 saturated carbocycles. The summed E-state index contributed by atoms with van der Waals surface area (Å²) in [5, 5.41) is 14.4. The molecule has 1 aromatic heterocycles. The van der Waals surface area contributed by atoms with Crippen molar-refractivity contribution in [3.8, 4) is 11.6 Å². The Hall–Kier alpha value is -3.13. The van der Waals surface area contributed by atoms with E-state index in [1.54, 1.807) is 36.4 Å². The summed E-state index contributed by atoms with van der Waals surface area (Å²) in [5.74, 6) is -0.482.